The van der Waals surface area contributed by atoms with Crippen molar-refractivity contribution in [2.24, 2.45) is 5.92 Å². The summed E-state index contributed by atoms with van der Waals surface area (Å²) >= 11 is 0. The van der Waals surface area contributed by atoms with Crippen molar-refractivity contribution in [3.05, 3.63) is 71.8 Å². The van der Waals surface area contributed by atoms with E-state index in [-0.39, 0.29) is 17.7 Å². The fourth-order valence-corrected chi connectivity index (χ4v) is 6.69. The van der Waals surface area contributed by atoms with Gasteiger partial charge >= 0.3 is 6.09 Å². The van der Waals surface area contributed by atoms with Gasteiger partial charge in [0.25, 0.3) is 0 Å². The van der Waals surface area contributed by atoms with Crippen molar-refractivity contribution in [3.63, 3.8) is 0 Å². The fraction of sp³-hybridized carbons (Fsp3) is 0.579. The number of nitrogens with one attached hydrogen (secondary N) is 3. The first-order valence-electron chi connectivity index (χ1n) is 17.6. The average molecular weight is 662 g/mol. The zero-order valence-electron chi connectivity index (χ0n) is 29.5. The molecule has 3 atom stereocenters. The molecule has 1 aliphatic carbocycles. The fourth-order valence-electron chi connectivity index (χ4n) is 6.69. The predicted octanol–water partition coefficient (Wildman–Crippen LogP) is 5.18. The smallest absolute Gasteiger partial charge is 0.408 e. The first kappa shape index (κ1) is 36.9. The van der Waals surface area contributed by atoms with E-state index in [1.165, 1.54) is 19.3 Å². The molecule has 2 fully saturated rings. The zero-order chi connectivity index (χ0) is 34.8. The maximum Gasteiger partial charge on any atom is 0.408 e. The maximum absolute atomic E-state index is 14.5. The molecule has 0 spiro atoms. The number of carbonyl (C=O) groups is 4. The van der Waals surface area contributed by atoms with Crippen LogP contribution in [0.4, 0.5) is 4.79 Å². The molecule has 10 nitrogen and oxygen atoms in total. The van der Waals surface area contributed by atoms with Crippen LogP contribution in [0.2, 0.25) is 0 Å². The van der Waals surface area contributed by atoms with E-state index >= 15 is 0 Å². The lowest BCUT2D eigenvalue weighted by Crippen LogP contribution is -2.61. The van der Waals surface area contributed by atoms with Crippen molar-refractivity contribution in [3.8, 4) is 0 Å². The summed E-state index contributed by atoms with van der Waals surface area (Å²) in [5, 5.41) is 8.76. The van der Waals surface area contributed by atoms with Gasteiger partial charge in [0.15, 0.2) is 0 Å². The van der Waals surface area contributed by atoms with Crippen molar-refractivity contribution in [2.75, 3.05) is 19.6 Å². The molecule has 1 aliphatic heterocycles. The van der Waals surface area contributed by atoms with Gasteiger partial charge in [-0.05, 0) is 64.0 Å². The largest absolute Gasteiger partial charge is 0.444 e. The van der Waals surface area contributed by atoms with Crippen molar-refractivity contribution in [2.45, 2.75) is 116 Å². The van der Waals surface area contributed by atoms with E-state index in [0.717, 1.165) is 36.9 Å². The molecule has 262 valence electrons. The van der Waals surface area contributed by atoms with E-state index < -0.39 is 41.8 Å². The molecule has 2 aromatic rings. The summed E-state index contributed by atoms with van der Waals surface area (Å²) in [7, 11) is 0. The number of nitrogens with zero attached hydrogens (tertiary/aromatic N) is 2. The number of benzene rings is 2. The molecule has 0 radical (unpaired) electrons. The summed E-state index contributed by atoms with van der Waals surface area (Å²) in [6.07, 6.45) is 5.76. The van der Waals surface area contributed by atoms with Gasteiger partial charge in [-0.25, -0.2) is 4.79 Å². The predicted molar refractivity (Wildman–Crippen MR) is 187 cm³/mol. The Kier molecular flexibility index (Phi) is 13.0. The summed E-state index contributed by atoms with van der Waals surface area (Å²) in [6, 6.07) is 17.1. The van der Waals surface area contributed by atoms with Crippen LogP contribution in [0.1, 0.15) is 97.2 Å². The Hall–Kier alpha value is -3.92. The lowest BCUT2D eigenvalue weighted by atomic mass is 9.93. The molecule has 10 heteroatoms. The number of amides is 4. The molecule has 0 aromatic heterocycles. The Morgan fingerprint density at radius 2 is 1.35 bits per heavy atom. The third-order valence-corrected chi connectivity index (χ3v) is 9.21. The van der Waals surface area contributed by atoms with E-state index in [1.54, 1.807) is 32.6 Å². The SMILES string of the molecule is CC(C)[C@H](NC(=O)[C@H](C)NC(=O)OC(C)(C)C)C(=O)N1CCCN(C2CCCCC2)CC1C(=O)NC(c1ccccc1)c1ccccc1. The molecular formula is C38H55N5O5. The van der Waals surface area contributed by atoms with E-state index in [2.05, 4.69) is 20.9 Å². The van der Waals surface area contributed by atoms with Crippen molar-refractivity contribution in [1.29, 1.82) is 0 Å². The van der Waals surface area contributed by atoms with Gasteiger partial charge in [-0.1, -0.05) is 93.8 Å². The molecular weight excluding hydrogens is 606 g/mol. The standard InChI is InChI=1S/C38H55N5O5/c1-26(2)32(40-34(44)27(3)39-37(47)48-38(4,5)6)36(46)43-24-16-23-42(30-21-14-9-15-22-30)25-31(43)35(45)41-33(28-17-10-7-11-18-28)29-19-12-8-13-20-29/h7-8,10-13,17-20,26-27,30-33H,9,14-16,21-25H2,1-6H3,(H,39,47)(H,40,44)(H,41,45)/t27-,31?,32-/m0/s1. The Morgan fingerprint density at radius 3 is 1.90 bits per heavy atom. The molecule has 4 rings (SSSR count). The van der Waals surface area contributed by atoms with Gasteiger partial charge in [-0.3, -0.25) is 19.3 Å². The maximum atomic E-state index is 14.5. The Balaban J connectivity index is 1.60. The topological polar surface area (TPSA) is 120 Å². The molecule has 1 saturated carbocycles. The molecule has 0 bridgehead atoms. The molecule has 1 heterocycles. The quantitative estimate of drug-likeness (QED) is 0.323. The van der Waals surface area contributed by atoms with Crippen LogP contribution >= 0.6 is 0 Å². The van der Waals surface area contributed by atoms with Gasteiger partial charge in [-0.2, -0.15) is 0 Å². The molecule has 2 aromatic carbocycles. The van der Waals surface area contributed by atoms with Crippen LogP contribution in [0.3, 0.4) is 0 Å². The summed E-state index contributed by atoms with van der Waals surface area (Å²) in [5.74, 6) is -1.29. The van der Waals surface area contributed by atoms with Crippen molar-refractivity contribution >= 4 is 23.8 Å². The third kappa shape index (κ3) is 10.3. The molecule has 48 heavy (non-hydrogen) atoms. The number of hydrogen-bond donors (Lipinski definition) is 3. The normalized spacial score (nSPS) is 19.2. The summed E-state index contributed by atoms with van der Waals surface area (Å²) in [6.45, 7) is 12.2. The van der Waals surface area contributed by atoms with Crippen molar-refractivity contribution < 1.29 is 23.9 Å². The van der Waals surface area contributed by atoms with Crippen LogP contribution in [0.25, 0.3) is 0 Å². The van der Waals surface area contributed by atoms with Crippen LogP contribution in [-0.2, 0) is 19.1 Å². The molecule has 2 aliphatic rings. The number of hydrogen-bond acceptors (Lipinski definition) is 6. The lowest BCUT2D eigenvalue weighted by molar-refractivity contribution is -0.144. The highest BCUT2D eigenvalue weighted by Gasteiger charge is 2.40. The van der Waals surface area contributed by atoms with E-state index in [1.807, 2.05) is 74.5 Å². The number of carbonyl (C=O) groups excluding carboxylic acids is 4. The first-order chi connectivity index (χ1) is 22.8. The van der Waals surface area contributed by atoms with Gasteiger partial charge in [0.1, 0.15) is 23.7 Å². The minimum atomic E-state index is -0.934. The van der Waals surface area contributed by atoms with E-state index in [4.69, 9.17) is 4.74 Å². The van der Waals surface area contributed by atoms with Gasteiger partial charge in [-0.15, -0.1) is 0 Å². The van der Waals surface area contributed by atoms with Crippen LogP contribution < -0.4 is 16.0 Å². The third-order valence-electron chi connectivity index (χ3n) is 9.21. The minimum Gasteiger partial charge on any atom is -0.444 e. The molecule has 4 amide bonds. The van der Waals surface area contributed by atoms with Crippen molar-refractivity contribution in [1.82, 2.24) is 25.8 Å². The van der Waals surface area contributed by atoms with Gasteiger partial charge in [0.2, 0.25) is 17.7 Å². The van der Waals surface area contributed by atoms with Gasteiger partial charge in [0, 0.05) is 25.7 Å². The number of rotatable bonds is 10. The summed E-state index contributed by atoms with van der Waals surface area (Å²) < 4.78 is 5.31. The van der Waals surface area contributed by atoms with Crippen LogP contribution in [0, 0.1) is 5.92 Å². The minimum absolute atomic E-state index is 0.224. The Labute approximate surface area is 286 Å². The van der Waals surface area contributed by atoms with Crippen LogP contribution in [0.15, 0.2) is 60.7 Å². The Morgan fingerprint density at radius 1 is 0.771 bits per heavy atom. The second-order valence-electron chi connectivity index (χ2n) is 14.5. The Bertz CT molecular complexity index is 1320. The average Bonchev–Trinajstić information content (AvgIpc) is 3.29. The highest BCUT2D eigenvalue weighted by Crippen LogP contribution is 2.27. The monoisotopic (exact) mass is 661 g/mol. The highest BCUT2D eigenvalue weighted by molar-refractivity contribution is 5.94. The van der Waals surface area contributed by atoms with E-state index in [9.17, 15) is 19.2 Å². The zero-order valence-corrected chi connectivity index (χ0v) is 29.5. The molecule has 1 saturated heterocycles. The second-order valence-corrected chi connectivity index (χ2v) is 14.5. The first-order valence-corrected chi connectivity index (χ1v) is 17.6. The lowest BCUT2D eigenvalue weighted by Gasteiger charge is -2.38. The second kappa shape index (κ2) is 17.0. The number of ether oxygens (including phenoxy) is 1. The van der Waals surface area contributed by atoms with Crippen LogP contribution in [-0.4, -0.2) is 83.0 Å². The van der Waals surface area contributed by atoms with E-state index in [0.29, 0.717) is 19.1 Å². The molecule has 3 N–H and O–H groups in total. The summed E-state index contributed by atoms with van der Waals surface area (Å²) in [5.41, 5.74) is 1.18. The summed E-state index contributed by atoms with van der Waals surface area (Å²) in [4.78, 5) is 58.8. The number of alkyl carbamates (subject to hydrolysis) is 1. The molecule has 1 unspecified atom stereocenters. The van der Waals surface area contributed by atoms with Gasteiger partial charge in [0.05, 0.1) is 6.04 Å². The van der Waals surface area contributed by atoms with Gasteiger partial charge < -0.3 is 25.6 Å². The highest BCUT2D eigenvalue weighted by atomic mass is 16.6. The van der Waals surface area contributed by atoms with Crippen LogP contribution in [0.5, 0.6) is 0 Å².